The molecule has 0 saturated carbocycles. The van der Waals surface area contributed by atoms with Crippen molar-refractivity contribution in [2.75, 3.05) is 19.7 Å². The van der Waals surface area contributed by atoms with Gasteiger partial charge in [0.25, 0.3) is 5.91 Å². The number of aliphatic hydroxyl groups is 2. The van der Waals surface area contributed by atoms with Gasteiger partial charge in [0.1, 0.15) is 12.6 Å². The molecule has 0 saturated heterocycles. The summed E-state index contributed by atoms with van der Waals surface area (Å²) in [7, 11) is 0. The maximum Gasteiger partial charge on any atom is 0.251 e. The first-order valence-electron chi connectivity index (χ1n) is 10.1. The van der Waals surface area contributed by atoms with Crippen LogP contribution in [0.4, 0.5) is 0 Å². The summed E-state index contributed by atoms with van der Waals surface area (Å²) in [5.41, 5.74) is 7.99. The average molecular weight is 437 g/mol. The molecule has 0 fully saturated rings. The Kier molecular flexibility index (Phi) is 9.57. The smallest absolute Gasteiger partial charge is 0.251 e. The van der Waals surface area contributed by atoms with Crippen LogP contribution in [0.15, 0.2) is 48.5 Å². The van der Waals surface area contributed by atoms with Gasteiger partial charge < -0.3 is 26.6 Å². The molecule has 2 atom stereocenters. The Morgan fingerprint density at radius 2 is 1.56 bits per heavy atom. The van der Waals surface area contributed by atoms with Gasteiger partial charge in [-0.3, -0.25) is 14.4 Å². The van der Waals surface area contributed by atoms with Crippen LogP contribution in [0, 0.1) is 11.8 Å². The molecule has 8 heteroatoms. The van der Waals surface area contributed by atoms with Crippen molar-refractivity contribution >= 4 is 17.6 Å². The summed E-state index contributed by atoms with van der Waals surface area (Å²) in [6, 6.07) is 12.6. The van der Waals surface area contributed by atoms with Crippen molar-refractivity contribution in [2.24, 2.45) is 5.73 Å². The SMILES string of the molecule is C[C@@H](O)[C@H](NC(=O)c1ccc(C#Cc2ccc(CC(=O)NCCN)cc2)cc1)C(=O)CO. The summed E-state index contributed by atoms with van der Waals surface area (Å²) >= 11 is 0. The lowest BCUT2D eigenvalue weighted by Gasteiger charge is -2.19. The van der Waals surface area contributed by atoms with Crippen LogP contribution in [0.25, 0.3) is 0 Å². The molecule has 8 nitrogen and oxygen atoms in total. The van der Waals surface area contributed by atoms with Gasteiger partial charge in [-0.25, -0.2) is 0 Å². The molecular weight excluding hydrogens is 410 g/mol. The van der Waals surface area contributed by atoms with Crippen LogP contribution in [0.1, 0.15) is 34.0 Å². The summed E-state index contributed by atoms with van der Waals surface area (Å²) in [5, 5.41) is 23.7. The topological polar surface area (TPSA) is 142 Å². The number of benzene rings is 2. The van der Waals surface area contributed by atoms with Crippen LogP contribution in [0.3, 0.4) is 0 Å². The van der Waals surface area contributed by atoms with Crippen molar-refractivity contribution in [2.45, 2.75) is 25.5 Å². The maximum absolute atomic E-state index is 12.3. The predicted octanol–water partition coefficient (Wildman–Crippen LogP) is -0.256. The first-order valence-corrected chi connectivity index (χ1v) is 10.1. The van der Waals surface area contributed by atoms with Gasteiger partial charge in [-0.15, -0.1) is 0 Å². The Balaban J connectivity index is 1.99. The van der Waals surface area contributed by atoms with Crippen molar-refractivity contribution in [3.8, 4) is 11.8 Å². The van der Waals surface area contributed by atoms with Crippen LogP contribution in [0.5, 0.6) is 0 Å². The summed E-state index contributed by atoms with van der Waals surface area (Å²) in [6.07, 6.45) is -0.854. The third-order valence-electron chi connectivity index (χ3n) is 4.56. The minimum atomic E-state index is -1.18. The number of Topliss-reactive ketones (excluding diaryl/α,β-unsaturated/α-hetero) is 1. The number of carbonyl (C=O) groups is 3. The molecular formula is C24H27N3O5. The Morgan fingerprint density at radius 1 is 1.00 bits per heavy atom. The molecule has 0 heterocycles. The highest BCUT2D eigenvalue weighted by Gasteiger charge is 2.25. The van der Waals surface area contributed by atoms with E-state index in [0.717, 1.165) is 11.1 Å². The summed E-state index contributed by atoms with van der Waals surface area (Å²) in [6.45, 7) is 1.44. The fraction of sp³-hybridized carbons (Fsp3) is 0.292. The van der Waals surface area contributed by atoms with Crippen molar-refractivity contribution in [1.29, 1.82) is 0 Å². The molecule has 6 N–H and O–H groups in total. The Morgan fingerprint density at radius 3 is 2.06 bits per heavy atom. The lowest BCUT2D eigenvalue weighted by Crippen LogP contribution is -2.48. The van der Waals surface area contributed by atoms with E-state index in [0.29, 0.717) is 24.2 Å². The van der Waals surface area contributed by atoms with Crippen LogP contribution in [0.2, 0.25) is 0 Å². The lowest BCUT2D eigenvalue weighted by atomic mass is 10.1. The minimum Gasteiger partial charge on any atom is -0.391 e. The Hall–Kier alpha value is -3.51. The summed E-state index contributed by atoms with van der Waals surface area (Å²) in [4.78, 5) is 35.7. The first-order chi connectivity index (χ1) is 15.3. The molecule has 0 radical (unpaired) electrons. The highest BCUT2D eigenvalue weighted by atomic mass is 16.3. The zero-order valence-corrected chi connectivity index (χ0v) is 17.8. The van der Waals surface area contributed by atoms with Gasteiger partial charge >= 0.3 is 0 Å². The second kappa shape index (κ2) is 12.4. The molecule has 0 aliphatic rings. The van der Waals surface area contributed by atoms with Crippen LogP contribution in [-0.2, 0) is 16.0 Å². The molecule has 2 aromatic rings. The maximum atomic E-state index is 12.3. The first kappa shape index (κ1) is 24.8. The Labute approximate surface area is 186 Å². The van der Waals surface area contributed by atoms with Crippen LogP contribution >= 0.6 is 0 Å². The lowest BCUT2D eigenvalue weighted by molar-refractivity contribution is -0.126. The molecule has 0 unspecified atom stereocenters. The Bertz CT molecular complexity index is 989. The molecule has 2 aromatic carbocycles. The third-order valence-corrected chi connectivity index (χ3v) is 4.56. The van der Waals surface area contributed by atoms with E-state index in [9.17, 15) is 19.5 Å². The van der Waals surface area contributed by atoms with E-state index in [2.05, 4.69) is 22.5 Å². The molecule has 0 bridgehead atoms. The van der Waals surface area contributed by atoms with E-state index in [1.807, 2.05) is 24.3 Å². The zero-order chi connectivity index (χ0) is 23.5. The number of nitrogens with two attached hydrogens (primary N) is 1. The van der Waals surface area contributed by atoms with E-state index in [1.54, 1.807) is 24.3 Å². The second-order valence-corrected chi connectivity index (χ2v) is 7.16. The summed E-state index contributed by atoms with van der Waals surface area (Å²) in [5.74, 6) is 4.73. The number of hydrogen-bond donors (Lipinski definition) is 5. The van der Waals surface area contributed by atoms with Gasteiger partial charge in [-0.2, -0.15) is 0 Å². The van der Waals surface area contributed by atoms with Crippen molar-refractivity contribution in [3.05, 3.63) is 70.8 Å². The van der Waals surface area contributed by atoms with Crippen molar-refractivity contribution in [3.63, 3.8) is 0 Å². The van der Waals surface area contributed by atoms with Gasteiger partial charge in [0.2, 0.25) is 5.91 Å². The number of carbonyl (C=O) groups excluding carboxylic acids is 3. The van der Waals surface area contributed by atoms with Gasteiger partial charge in [0.05, 0.1) is 12.5 Å². The fourth-order valence-electron chi connectivity index (χ4n) is 2.81. The normalized spacial score (nSPS) is 12.1. The predicted molar refractivity (Wildman–Crippen MR) is 120 cm³/mol. The van der Waals surface area contributed by atoms with Crippen LogP contribution in [-0.4, -0.2) is 59.7 Å². The largest absolute Gasteiger partial charge is 0.391 e. The number of nitrogens with one attached hydrogen (secondary N) is 2. The van der Waals surface area contributed by atoms with E-state index in [1.165, 1.54) is 6.92 Å². The van der Waals surface area contributed by atoms with E-state index < -0.39 is 30.4 Å². The van der Waals surface area contributed by atoms with Crippen LogP contribution < -0.4 is 16.4 Å². The molecule has 0 aliphatic heterocycles. The van der Waals surface area contributed by atoms with Gasteiger partial charge in [-0.1, -0.05) is 24.0 Å². The molecule has 0 aromatic heterocycles. The minimum absolute atomic E-state index is 0.0843. The van der Waals surface area contributed by atoms with Gasteiger partial charge in [-0.05, 0) is 48.9 Å². The van der Waals surface area contributed by atoms with E-state index in [-0.39, 0.29) is 12.3 Å². The second-order valence-electron chi connectivity index (χ2n) is 7.16. The molecule has 168 valence electrons. The molecule has 0 aliphatic carbocycles. The van der Waals surface area contributed by atoms with Crippen molar-refractivity contribution in [1.82, 2.24) is 10.6 Å². The highest BCUT2D eigenvalue weighted by molar-refractivity contribution is 5.98. The number of rotatable bonds is 9. The highest BCUT2D eigenvalue weighted by Crippen LogP contribution is 2.07. The van der Waals surface area contributed by atoms with E-state index in [4.69, 9.17) is 10.8 Å². The van der Waals surface area contributed by atoms with Crippen molar-refractivity contribution < 1.29 is 24.6 Å². The number of ketones is 1. The molecule has 32 heavy (non-hydrogen) atoms. The summed E-state index contributed by atoms with van der Waals surface area (Å²) < 4.78 is 0. The fourth-order valence-corrected chi connectivity index (χ4v) is 2.81. The monoisotopic (exact) mass is 437 g/mol. The number of aliphatic hydroxyl groups excluding tert-OH is 2. The zero-order valence-electron chi connectivity index (χ0n) is 17.8. The number of hydrogen-bond acceptors (Lipinski definition) is 6. The molecule has 0 spiro atoms. The molecule has 2 rings (SSSR count). The third kappa shape index (κ3) is 7.63. The standard InChI is InChI=1S/C24H27N3O5/c1-16(29)23(21(30)15-28)27-24(32)20-10-8-18(9-11-20)3-2-17-4-6-19(7-5-17)14-22(31)26-13-12-25/h4-11,16,23,28-29H,12-15,25H2,1H3,(H,26,31)(H,27,32)/t16-,23+/m1/s1. The van der Waals surface area contributed by atoms with Gasteiger partial charge in [0, 0.05) is 29.8 Å². The van der Waals surface area contributed by atoms with Gasteiger partial charge in [0.15, 0.2) is 5.78 Å². The average Bonchev–Trinajstić information content (AvgIpc) is 2.80. The quantitative estimate of drug-likeness (QED) is 0.342. The molecule has 2 amide bonds. The number of amides is 2. The van der Waals surface area contributed by atoms with E-state index >= 15 is 0 Å².